The molecule has 0 amide bonds. The maximum absolute atomic E-state index is 12.8. The molecule has 3 rings (SSSR count). The fraction of sp³-hybridized carbons (Fsp3) is 0. The Kier molecular flexibility index (Phi) is 2.48. The summed E-state index contributed by atoms with van der Waals surface area (Å²) in [7, 11) is 0. The summed E-state index contributed by atoms with van der Waals surface area (Å²) in [5.74, 6) is 0.505. The molecule has 0 radical (unpaired) electrons. The lowest BCUT2D eigenvalue weighted by Crippen LogP contribution is -1.74. The van der Waals surface area contributed by atoms with Gasteiger partial charge in [-0.1, -0.05) is 15.9 Å². The number of halogens is 2. The molecule has 0 spiro atoms. The Labute approximate surface area is 106 Å². The van der Waals surface area contributed by atoms with Gasteiger partial charge in [0, 0.05) is 15.4 Å². The molecule has 84 valence electrons. The van der Waals surface area contributed by atoms with E-state index in [1.54, 1.807) is 12.1 Å². The Morgan fingerprint density at radius 2 is 1.71 bits per heavy atom. The zero-order chi connectivity index (χ0) is 11.8. The predicted octanol–water partition coefficient (Wildman–Crippen LogP) is 5.00. The van der Waals surface area contributed by atoms with E-state index in [1.165, 1.54) is 12.1 Å². The van der Waals surface area contributed by atoms with Crippen molar-refractivity contribution in [1.29, 1.82) is 0 Å². The third-order valence-electron chi connectivity index (χ3n) is 2.61. The zero-order valence-electron chi connectivity index (χ0n) is 8.78. The van der Waals surface area contributed by atoms with Crippen LogP contribution in [0.1, 0.15) is 0 Å². The minimum absolute atomic E-state index is 0.243. The second kappa shape index (κ2) is 4.00. The van der Waals surface area contributed by atoms with Gasteiger partial charge in [-0.15, -0.1) is 0 Å². The van der Waals surface area contributed by atoms with Crippen molar-refractivity contribution in [2.24, 2.45) is 0 Å². The van der Waals surface area contributed by atoms with E-state index in [0.29, 0.717) is 0 Å². The van der Waals surface area contributed by atoms with Gasteiger partial charge in [-0.05, 0) is 48.5 Å². The van der Waals surface area contributed by atoms with Crippen LogP contribution in [0.2, 0.25) is 0 Å². The highest BCUT2D eigenvalue weighted by Crippen LogP contribution is 2.29. The molecule has 3 heteroatoms. The SMILES string of the molecule is Fc1ccc(-c2cc3cc(Br)ccc3o2)cc1. The fourth-order valence-electron chi connectivity index (χ4n) is 1.77. The lowest BCUT2D eigenvalue weighted by atomic mass is 10.1. The van der Waals surface area contributed by atoms with E-state index in [1.807, 2.05) is 24.3 Å². The molecule has 0 N–H and O–H groups in total. The molecule has 0 aliphatic carbocycles. The minimum Gasteiger partial charge on any atom is -0.456 e. The highest BCUT2D eigenvalue weighted by atomic mass is 79.9. The van der Waals surface area contributed by atoms with Crippen LogP contribution in [-0.4, -0.2) is 0 Å². The highest BCUT2D eigenvalue weighted by Gasteiger charge is 2.06. The Morgan fingerprint density at radius 1 is 0.941 bits per heavy atom. The summed E-state index contributed by atoms with van der Waals surface area (Å²) in [5.41, 5.74) is 1.70. The second-order valence-electron chi connectivity index (χ2n) is 3.80. The molecule has 0 saturated carbocycles. The van der Waals surface area contributed by atoms with Crippen LogP contribution in [0.3, 0.4) is 0 Å². The van der Waals surface area contributed by atoms with Gasteiger partial charge in [-0.2, -0.15) is 0 Å². The van der Waals surface area contributed by atoms with Crippen LogP contribution in [0.4, 0.5) is 4.39 Å². The Bertz CT molecular complexity index is 670. The number of furan rings is 1. The van der Waals surface area contributed by atoms with Crippen LogP contribution in [0, 0.1) is 5.82 Å². The summed E-state index contributed by atoms with van der Waals surface area (Å²) in [4.78, 5) is 0. The van der Waals surface area contributed by atoms with E-state index in [2.05, 4.69) is 15.9 Å². The van der Waals surface area contributed by atoms with Crippen LogP contribution >= 0.6 is 15.9 Å². The van der Waals surface area contributed by atoms with Gasteiger partial charge in [-0.25, -0.2) is 4.39 Å². The molecule has 0 unspecified atom stereocenters. The molecule has 0 fully saturated rings. The lowest BCUT2D eigenvalue weighted by Gasteiger charge is -1.94. The first-order valence-corrected chi connectivity index (χ1v) is 5.97. The molecule has 1 heterocycles. The van der Waals surface area contributed by atoms with Crippen molar-refractivity contribution in [2.75, 3.05) is 0 Å². The van der Waals surface area contributed by atoms with E-state index in [-0.39, 0.29) is 5.82 Å². The van der Waals surface area contributed by atoms with Crippen LogP contribution in [0.15, 0.2) is 57.4 Å². The van der Waals surface area contributed by atoms with Gasteiger partial charge in [0.05, 0.1) is 0 Å². The number of hydrogen-bond acceptors (Lipinski definition) is 1. The number of benzene rings is 2. The average Bonchev–Trinajstić information content (AvgIpc) is 2.72. The van der Waals surface area contributed by atoms with Crippen molar-refractivity contribution in [3.63, 3.8) is 0 Å². The highest BCUT2D eigenvalue weighted by molar-refractivity contribution is 9.10. The first-order chi connectivity index (χ1) is 8.22. The summed E-state index contributed by atoms with van der Waals surface area (Å²) in [6, 6.07) is 14.1. The normalized spacial score (nSPS) is 10.9. The van der Waals surface area contributed by atoms with E-state index in [9.17, 15) is 4.39 Å². The number of rotatable bonds is 1. The quantitative estimate of drug-likeness (QED) is 0.615. The van der Waals surface area contributed by atoms with Gasteiger partial charge >= 0.3 is 0 Å². The van der Waals surface area contributed by atoms with Crippen molar-refractivity contribution in [3.05, 3.63) is 58.8 Å². The summed E-state index contributed by atoms with van der Waals surface area (Å²) in [6.07, 6.45) is 0. The van der Waals surface area contributed by atoms with Crippen LogP contribution < -0.4 is 0 Å². The first kappa shape index (κ1) is 10.5. The molecule has 0 aliphatic rings. The van der Waals surface area contributed by atoms with Crippen molar-refractivity contribution in [1.82, 2.24) is 0 Å². The molecule has 2 aromatic carbocycles. The van der Waals surface area contributed by atoms with Crippen LogP contribution in [0.5, 0.6) is 0 Å². The van der Waals surface area contributed by atoms with Gasteiger partial charge in [0.1, 0.15) is 17.2 Å². The topological polar surface area (TPSA) is 13.1 Å². The number of hydrogen-bond donors (Lipinski definition) is 0. The zero-order valence-corrected chi connectivity index (χ0v) is 10.4. The van der Waals surface area contributed by atoms with Crippen molar-refractivity contribution < 1.29 is 8.81 Å². The van der Waals surface area contributed by atoms with E-state index in [0.717, 1.165) is 26.8 Å². The monoisotopic (exact) mass is 290 g/mol. The third kappa shape index (κ3) is 1.98. The maximum Gasteiger partial charge on any atom is 0.135 e. The molecule has 1 aromatic heterocycles. The molecule has 17 heavy (non-hydrogen) atoms. The Morgan fingerprint density at radius 3 is 2.47 bits per heavy atom. The molecule has 1 nitrogen and oxygen atoms in total. The summed E-state index contributed by atoms with van der Waals surface area (Å²) < 4.78 is 19.5. The van der Waals surface area contributed by atoms with Crippen molar-refractivity contribution >= 4 is 26.9 Å². The van der Waals surface area contributed by atoms with Gasteiger partial charge < -0.3 is 4.42 Å². The molecular formula is C14H8BrFO. The maximum atomic E-state index is 12.8. The molecular weight excluding hydrogens is 283 g/mol. The summed E-state index contributed by atoms with van der Waals surface area (Å²) >= 11 is 3.42. The average molecular weight is 291 g/mol. The first-order valence-electron chi connectivity index (χ1n) is 5.17. The van der Waals surface area contributed by atoms with Crippen molar-refractivity contribution in [3.8, 4) is 11.3 Å². The fourth-order valence-corrected chi connectivity index (χ4v) is 2.15. The molecule has 3 aromatic rings. The minimum atomic E-state index is -0.243. The van der Waals surface area contributed by atoms with Gasteiger partial charge in [0.2, 0.25) is 0 Å². The van der Waals surface area contributed by atoms with Crippen LogP contribution in [0.25, 0.3) is 22.3 Å². The summed E-state index contributed by atoms with van der Waals surface area (Å²) in [6.45, 7) is 0. The molecule has 0 saturated heterocycles. The smallest absolute Gasteiger partial charge is 0.135 e. The standard InChI is InChI=1S/C14H8BrFO/c15-11-3-6-13-10(7-11)8-14(17-13)9-1-4-12(16)5-2-9/h1-8H. The lowest BCUT2D eigenvalue weighted by molar-refractivity contribution is 0.623. The van der Waals surface area contributed by atoms with Gasteiger partial charge in [0.15, 0.2) is 0 Å². The van der Waals surface area contributed by atoms with E-state index >= 15 is 0 Å². The largest absolute Gasteiger partial charge is 0.456 e. The summed E-state index contributed by atoms with van der Waals surface area (Å²) in [5, 5.41) is 1.03. The van der Waals surface area contributed by atoms with Gasteiger partial charge in [-0.3, -0.25) is 0 Å². The van der Waals surface area contributed by atoms with Crippen LogP contribution in [-0.2, 0) is 0 Å². The predicted molar refractivity (Wildman–Crippen MR) is 69.3 cm³/mol. The molecule has 0 bridgehead atoms. The Balaban J connectivity index is 2.14. The van der Waals surface area contributed by atoms with E-state index in [4.69, 9.17) is 4.42 Å². The third-order valence-corrected chi connectivity index (χ3v) is 3.10. The molecule has 0 aliphatic heterocycles. The second-order valence-corrected chi connectivity index (χ2v) is 4.72. The Hall–Kier alpha value is -1.61. The van der Waals surface area contributed by atoms with Crippen molar-refractivity contribution in [2.45, 2.75) is 0 Å². The molecule has 0 atom stereocenters. The number of fused-ring (bicyclic) bond motifs is 1. The van der Waals surface area contributed by atoms with Gasteiger partial charge in [0.25, 0.3) is 0 Å². The van der Waals surface area contributed by atoms with E-state index < -0.39 is 0 Å².